The molecule has 0 unspecified atom stereocenters. The molecule has 1 aliphatic carbocycles. The van der Waals surface area contributed by atoms with Gasteiger partial charge in [0.05, 0.1) is 32.3 Å². The fraction of sp³-hybridized carbons (Fsp3) is 0.471. The summed E-state index contributed by atoms with van der Waals surface area (Å²) in [5.74, 6) is 2.13. The molecule has 1 saturated carbocycles. The summed E-state index contributed by atoms with van der Waals surface area (Å²) >= 11 is 0. The normalized spacial score (nSPS) is 21.2. The predicted molar refractivity (Wildman–Crippen MR) is 81.4 cm³/mol. The van der Waals surface area contributed by atoms with Gasteiger partial charge in [0, 0.05) is 18.6 Å². The van der Waals surface area contributed by atoms with E-state index in [9.17, 15) is 4.79 Å². The lowest BCUT2D eigenvalue weighted by Crippen LogP contribution is -2.31. The van der Waals surface area contributed by atoms with E-state index >= 15 is 0 Å². The van der Waals surface area contributed by atoms with E-state index in [1.165, 1.54) is 0 Å². The maximum Gasteiger partial charge on any atom is 0.144 e. The number of rotatable bonds is 6. The summed E-state index contributed by atoms with van der Waals surface area (Å²) in [4.78, 5) is 12.6. The number of Topliss-reactive ketones (excluding diaryl/α,β-unsaturated/α-hetero) is 1. The summed E-state index contributed by atoms with van der Waals surface area (Å²) < 4.78 is 16.3. The molecule has 21 heavy (non-hydrogen) atoms. The molecule has 1 aromatic rings. The average molecular weight is 290 g/mol. The van der Waals surface area contributed by atoms with Crippen LogP contribution in [0, 0.1) is 0 Å². The highest BCUT2D eigenvalue weighted by Crippen LogP contribution is 2.50. The fourth-order valence-electron chi connectivity index (χ4n) is 3.24. The van der Waals surface area contributed by atoms with E-state index in [0.717, 1.165) is 18.4 Å². The number of benzene rings is 1. The molecule has 0 radical (unpaired) electrons. The third kappa shape index (κ3) is 2.50. The average Bonchev–Trinajstić information content (AvgIpc) is 2.87. The van der Waals surface area contributed by atoms with Gasteiger partial charge in [-0.25, -0.2) is 0 Å². The summed E-state index contributed by atoms with van der Waals surface area (Å²) in [7, 11) is 4.78. The maximum atomic E-state index is 12.6. The minimum atomic E-state index is -0.593. The molecule has 0 N–H and O–H groups in total. The maximum absolute atomic E-state index is 12.6. The van der Waals surface area contributed by atoms with Crippen LogP contribution in [0.4, 0.5) is 0 Å². The first-order valence-corrected chi connectivity index (χ1v) is 7.07. The molecule has 0 heterocycles. The Morgan fingerprint density at radius 2 is 1.81 bits per heavy atom. The van der Waals surface area contributed by atoms with Crippen LogP contribution in [0.5, 0.6) is 17.2 Å². The highest BCUT2D eigenvalue weighted by atomic mass is 16.5. The van der Waals surface area contributed by atoms with E-state index in [0.29, 0.717) is 30.1 Å². The summed E-state index contributed by atoms with van der Waals surface area (Å²) in [5.41, 5.74) is 0.223. The van der Waals surface area contributed by atoms with Gasteiger partial charge in [0.2, 0.25) is 0 Å². The highest BCUT2D eigenvalue weighted by Gasteiger charge is 2.46. The molecule has 0 bridgehead atoms. The van der Waals surface area contributed by atoms with E-state index in [2.05, 4.69) is 6.58 Å². The van der Waals surface area contributed by atoms with Gasteiger partial charge < -0.3 is 14.2 Å². The van der Waals surface area contributed by atoms with E-state index in [1.54, 1.807) is 39.5 Å². The molecular weight excluding hydrogens is 268 g/mol. The third-order valence-electron chi connectivity index (χ3n) is 4.23. The fourth-order valence-corrected chi connectivity index (χ4v) is 3.24. The number of methoxy groups -OCH3 is 3. The molecule has 1 aliphatic rings. The van der Waals surface area contributed by atoms with Crippen molar-refractivity contribution in [3.63, 3.8) is 0 Å². The largest absolute Gasteiger partial charge is 0.496 e. The lowest BCUT2D eigenvalue weighted by molar-refractivity contribution is -0.122. The third-order valence-corrected chi connectivity index (χ3v) is 4.23. The molecule has 0 saturated heterocycles. The van der Waals surface area contributed by atoms with Gasteiger partial charge in [-0.2, -0.15) is 0 Å². The first kappa shape index (κ1) is 15.4. The van der Waals surface area contributed by atoms with E-state index in [4.69, 9.17) is 14.2 Å². The van der Waals surface area contributed by atoms with Crippen LogP contribution in [0.25, 0.3) is 0 Å². The summed E-state index contributed by atoms with van der Waals surface area (Å²) in [5, 5.41) is 0. The smallest absolute Gasteiger partial charge is 0.144 e. The second kappa shape index (κ2) is 6.20. The van der Waals surface area contributed by atoms with Crippen molar-refractivity contribution in [2.24, 2.45) is 0 Å². The number of ketones is 1. The van der Waals surface area contributed by atoms with Gasteiger partial charge in [-0.3, -0.25) is 4.79 Å². The SMILES string of the molecule is C=CC[C@]1(c2c(OC)cc(OC)cc2OC)CCCC1=O. The van der Waals surface area contributed by atoms with Gasteiger partial charge >= 0.3 is 0 Å². The Morgan fingerprint density at radius 3 is 2.19 bits per heavy atom. The Balaban J connectivity index is 2.69. The van der Waals surface area contributed by atoms with Crippen LogP contribution in [0.15, 0.2) is 24.8 Å². The van der Waals surface area contributed by atoms with Crippen LogP contribution in [0.3, 0.4) is 0 Å². The molecule has 114 valence electrons. The van der Waals surface area contributed by atoms with Gasteiger partial charge in [0.1, 0.15) is 23.0 Å². The van der Waals surface area contributed by atoms with Crippen molar-refractivity contribution < 1.29 is 19.0 Å². The van der Waals surface area contributed by atoms with Crippen LogP contribution in [-0.2, 0) is 10.2 Å². The van der Waals surface area contributed by atoms with Gasteiger partial charge in [-0.1, -0.05) is 6.08 Å². The Labute approximate surface area is 125 Å². The van der Waals surface area contributed by atoms with E-state index in [1.807, 2.05) is 0 Å². The van der Waals surface area contributed by atoms with Crippen LogP contribution < -0.4 is 14.2 Å². The second-order valence-electron chi connectivity index (χ2n) is 5.26. The van der Waals surface area contributed by atoms with Crippen LogP contribution in [0.2, 0.25) is 0 Å². The minimum absolute atomic E-state index is 0.226. The lowest BCUT2D eigenvalue weighted by atomic mass is 9.74. The molecule has 1 atom stereocenters. The Morgan fingerprint density at radius 1 is 1.19 bits per heavy atom. The molecule has 0 spiro atoms. The van der Waals surface area contributed by atoms with Gasteiger partial charge in [-0.15, -0.1) is 6.58 Å². The first-order valence-electron chi connectivity index (χ1n) is 7.07. The first-order chi connectivity index (χ1) is 10.1. The van der Waals surface area contributed by atoms with Crippen molar-refractivity contribution in [2.75, 3.05) is 21.3 Å². The van der Waals surface area contributed by atoms with Crippen molar-refractivity contribution >= 4 is 5.78 Å². The Hall–Kier alpha value is -1.97. The number of carbonyl (C=O) groups excluding carboxylic acids is 1. The standard InChI is InChI=1S/C17H22O4/c1-5-8-17(9-6-7-15(17)18)16-13(20-3)10-12(19-2)11-14(16)21-4/h5,10-11H,1,6-9H2,2-4H3/t17-/m0/s1. The van der Waals surface area contributed by atoms with E-state index in [-0.39, 0.29) is 5.78 Å². The molecule has 0 aliphatic heterocycles. The van der Waals surface area contributed by atoms with Crippen LogP contribution in [0.1, 0.15) is 31.2 Å². The number of hydrogen-bond donors (Lipinski definition) is 0. The summed E-state index contributed by atoms with van der Waals surface area (Å²) in [6.07, 6.45) is 4.64. The summed E-state index contributed by atoms with van der Waals surface area (Å²) in [6.45, 7) is 3.82. The second-order valence-corrected chi connectivity index (χ2v) is 5.26. The van der Waals surface area contributed by atoms with E-state index < -0.39 is 5.41 Å². The molecule has 1 aromatic carbocycles. The topological polar surface area (TPSA) is 44.8 Å². The van der Waals surface area contributed by atoms with Gasteiger partial charge in [-0.05, 0) is 19.3 Å². The zero-order chi connectivity index (χ0) is 15.5. The van der Waals surface area contributed by atoms with Crippen molar-refractivity contribution in [1.82, 2.24) is 0 Å². The van der Waals surface area contributed by atoms with Crippen LogP contribution in [-0.4, -0.2) is 27.1 Å². The predicted octanol–water partition coefficient (Wildman–Crippen LogP) is 3.28. The Kier molecular flexibility index (Phi) is 4.56. The molecular formula is C17H22O4. The van der Waals surface area contributed by atoms with Crippen molar-refractivity contribution in [2.45, 2.75) is 31.1 Å². The lowest BCUT2D eigenvalue weighted by Gasteiger charge is -2.30. The van der Waals surface area contributed by atoms with Gasteiger partial charge in [0.15, 0.2) is 0 Å². The molecule has 0 aromatic heterocycles. The number of carbonyl (C=O) groups is 1. The van der Waals surface area contributed by atoms with Crippen LogP contribution >= 0.6 is 0 Å². The van der Waals surface area contributed by atoms with Gasteiger partial charge in [0.25, 0.3) is 0 Å². The molecule has 1 fully saturated rings. The molecule has 4 heteroatoms. The number of ether oxygens (including phenoxy) is 3. The number of hydrogen-bond acceptors (Lipinski definition) is 4. The van der Waals surface area contributed by atoms with Crippen molar-refractivity contribution in [3.8, 4) is 17.2 Å². The zero-order valence-electron chi connectivity index (χ0n) is 12.9. The molecule has 0 amide bonds. The monoisotopic (exact) mass is 290 g/mol. The quantitative estimate of drug-likeness (QED) is 0.754. The zero-order valence-corrected chi connectivity index (χ0v) is 12.9. The summed E-state index contributed by atoms with van der Waals surface area (Å²) in [6, 6.07) is 3.60. The molecule has 2 rings (SSSR count). The van der Waals surface area contributed by atoms with Crippen molar-refractivity contribution in [3.05, 3.63) is 30.4 Å². The Bertz CT molecular complexity index is 525. The molecule has 4 nitrogen and oxygen atoms in total. The minimum Gasteiger partial charge on any atom is -0.496 e. The van der Waals surface area contributed by atoms with Crippen molar-refractivity contribution in [1.29, 1.82) is 0 Å². The number of allylic oxidation sites excluding steroid dienone is 1. The highest BCUT2D eigenvalue weighted by molar-refractivity contribution is 5.94.